The van der Waals surface area contributed by atoms with Crippen molar-refractivity contribution in [2.24, 2.45) is 0 Å². The van der Waals surface area contributed by atoms with E-state index in [1.54, 1.807) is 12.1 Å². The van der Waals surface area contributed by atoms with Crippen molar-refractivity contribution in [2.75, 3.05) is 13.6 Å². The largest absolute Gasteiger partial charge is 0.302 e. The summed E-state index contributed by atoms with van der Waals surface area (Å²) in [5, 5.41) is 10.6. The van der Waals surface area contributed by atoms with Gasteiger partial charge in [0.1, 0.15) is 0 Å². The lowest BCUT2D eigenvalue weighted by atomic mass is 9.99. The predicted molar refractivity (Wildman–Crippen MR) is 88.6 cm³/mol. The van der Waals surface area contributed by atoms with E-state index in [-0.39, 0.29) is 0 Å². The molecule has 2 aromatic carbocycles. The molecule has 0 heterocycles. The Morgan fingerprint density at radius 3 is 2.38 bits per heavy atom. The van der Waals surface area contributed by atoms with Crippen LogP contribution >= 0.6 is 23.2 Å². The quantitative estimate of drug-likeness (QED) is 0.794. The molecule has 0 spiro atoms. The van der Waals surface area contributed by atoms with E-state index in [0.717, 1.165) is 29.8 Å². The van der Waals surface area contributed by atoms with Crippen molar-refractivity contribution in [3.63, 3.8) is 0 Å². The zero-order valence-electron chi connectivity index (χ0n) is 12.0. The second-order valence-corrected chi connectivity index (χ2v) is 5.73. The Balaban J connectivity index is 2.47. The van der Waals surface area contributed by atoms with Gasteiger partial charge in [0.15, 0.2) is 0 Å². The first-order valence-electron chi connectivity index (χ1n) is 6.72. The van der Waals surface area contributed by atoms with Crippen LogP contribution in [0.3, 0.4) is 0 Å². The summed E-state index contributed by atoms with van der Waals surface area (Å²) in [6.07, 6.45) is 0. The van der Waals surface area contributed by atoms with Crippen molar-refractivity contribution in [1.82, 2.24) is 4.90 Å². The molecule has 0 bridgehead atoms. The van der Waals surface area contributed by atoms with Gasteiger partial charge in [0.2, 0.25) is 0 Å². The molecule has 0 aliphatic heterocycles. The highest BCUT2D eigenvalue weighted by Gasteiger charge is 2.11. The van der Waals surface area contributed by atoms with Gasteiger partial charge in [-0.25, -0.2) is 0 Å². The molecule has 21 heavy (non-hydrogen) atoms. The minimum atomic E-state index is 0.588. The summed E-state index contributed by atoms with van der Waals surface area (Å²) in [5.74, 6) is 0. The van der Waals surface area contributed by atoms with Gasteiger partial charge in [-0.3, -0.25) is 0 Å². The van der Waals surface area contributed by atoms with E-state index in [9.17, 15) is 5.26 Å². The van der Waals surface area contributed by atoms with Crippen LogP contribution in [0.1, 0.15) is 18.1 Å². The normalized spacial score (nSPS) is 10.7. The van der Waals surface area contributed by atoms with Gasteiger partial charge in [0.25, 0.3) is 0 Å². The lowest BCUT2D eigenvalue weighted by molar-refractivity contribution is 0.345. The lowest BCUT2D eigenvalue weighted by Gasteiger charge is -2.16. The Morgan fingerprint density at radius 2 is 1.81 bits per heavy atom. The topological polar surface area (TPSA) is 27.0 Å². The maximum absolute atomic E-state index is 9.38. The molecular weight excluding hydrogens is 303 g/mol. The summed E-state index contributed by atoms with van der Waals surface area (Å²) < 4.78 is 0. The van der Waals surface area contributed by atoms with Crippen molar-refractivity contribution in [3.05, 3.63) is 57.6 Å². The van der Waals surface area contributed by atoms with E-state index < -0.39 is 0 Å². The molecule has 0 aliphatic carbocycles. The molecule has 0 saturated carbocycles. The maximum Gasteiger partial charge on any atom is 0.0995 e. The maximum atomic E-state index is 9.38. The summed E-state index contributed by atoms with van der Waals surface area (Å²) in [6.45, 7) is 3.77. The molecule has 2 aromatic rings. The average Bonchev–Trinajstić information content (AvgIpc) is 2.48. The first kappa shape index (κ1) is 15.9. The summed E-state index contributed by atoms with van der Waals surface area (Å²) in [5.41, 5.74) is 3.30. The second kappa shape index (κ2) is 6.95. The van der Waals surface area contributed by atoms with E-state index in [1.165, 1.54) is 0 Å². The molecule has 0 fully saturated rings. The Morgan fingerprint density at radius 1 is 1.14 bits per heavy atom. The van der Waals surface area contributed by atoms with E-state index in [1.807, 2.05) is 31.3 Å². The van der Waals surface area contributed by atoms with Crippen LogP contribution in [-0.2, 0) is 6.54 Å². The fourth-order valence-electron chi connectivity index (χ4n) is 2.15. The van der Waals surface area contributed by atoms with Gasteiger partial charge in [0.05, 0.1) is 11.6 Å². The van der Waals surface area contributed by atoms with Gasteiger partial charge in [-0.1, -0.05) is 48.3 Å². The molecule has 108 valence electrons. The number of rotatable bonds is 4. The molecule has 0 aromatic heterocycles. The van der Waals surface area contributed by atoms with Crippen LogP contribution in [-0.4, -0.2) is 18.5 Å². The van der Waals surface area contributed by atoms with Gasteiger partial charge in [-0.15, -0.1) is 0 Å². The molecule has 0 atom stereocenters. The molecule has 2 nitrogen and oxygen atoms in total. The smallest absolute Gasteiger partial charge is 0.0995 e. The lowest BCUT2D eigenvalue weighted by Crippen LogP contribution is -2.17. The van der Waals surface area contributed by atoms with Crippen LogP contribution in [0, 0.1) is 11.3 Å². The zero-order chi connectivity index (χ0) is 15.4. The third-order valence-corrected chi connectivity index (χ3v) is 4.09. The van der Waals surface area contributed by atoms with Gasteiger partial charge < -0.3 is 4.90 Å². The van der Waals surface area contributed by atoms with Gasteiger partial charge in [-0.2, -0.15) is 5.26 Å². The molecule has 4 heteroatoms. The fraction of sp³-hybridized carbons (Fsp3) is 0.235. The highest BCUT2D eigenvalue weighted by molar-refractivity contribution is 6.39. The molecule has 0 aliphatic rings. The van der Waals surface area contributed by atoms with Gasteiger partial charge >= 0.3 is 0 Å². The van der Waals surface area contributed by atoms with Gasteiger partial charge in [0, 0.05) is 22.2 Å². The van der Waals surface area contributed by atoms with E-state index >= 15 is 0 Å². The molecular formula is C17H16Cl2N2. The van der Waals surface area contributed by atoms with E-state index in [0.29, 0.717) is 15.6 Å². The highest BCUT2D eigenvalue weighted by Crippen LogP contribution is 2.35. The second-order valence-electron chi connectivity index (χ2n) is 4.91. The number of hydrogen-bond acceptors (Lipinski definition) is 2. The number of halogens is 2. The third kappa shape index (κ3) is 3.57. The van der Waals surface area contributed by atoms with Crippen molar-refractivity contribution in [1.29, 1.82) is 5.26 Å². The Kier molecular flexibility index (Phi) is 5.25. The highest BCUT2D eigenvalue weighted by atomic mass is 35.5. The number of hydrogen-bond donors (Lipinski definition) is 0. The van der Waals surface area contributed by atoms with Crippen LogP contribution in [0.4, 0.5) is 0 Å². The van der Waals surface area contributed by atoms with Crippen LogP contribution < -0.4 is 0 Å². The van der Waals surface area contributed by atoms with Crippen LogP contribution in [0.2, 0.25) is 10.0 Å². The molecule has 0 saturated heterocycles. The minimum absolute atomic E-state index is 0.588. The Labute approximate surface area is 135 Å². The van der Waals surface area contributed by atoms with Crippen LogP contribution in [0.5, 0.6) is 0 Å². The van der Waals surface area contributed by atoms with Crippen LogP contribution in [0.15, 0.2) is 36.4 Å². The van der Waals surface area contributed by atoms with Crippen molar-refractivity contribution >= 4 is 23.2 Å². The fourth-order valence-corrected chi connectivity index (χ4v) is 2.77. The summed E-state index contributed by atoms with van der Waals surface area (Å²) in [6, 6.07) is 13.5. The first-order chi connectivity index (χ1) is 10.1. The Bertz CT molecular complexity index is 669. The van der Waals surface area contributed by atoms with Crippen LogP contribution in [0.25, 0.3) is 11.1 Å². The molecule has 0 N–H and O–H groups in total. The number of nitrogens with zero attached hydrogens (tertiary/aromatic N) is 2. The molecule has 0 unspecified atom stereocenters. The van der Waals surface area contributed by atoms with E-state index in [2.05, 4.69) is 17.9 Å². The summed E-state index contributed by atoms with van der Waals surface area (Å²) in [4.78, 5) is 2.15. The SMILES string of the molecule is CCN(C)Cc1ccc(-c2c(Cl)cccc2Cl)cc1C#N. The third-order valence-electron chi connectivity index (χ3n) is 3.46. The minimum Gasteiger partial charge on any atom is -0.302 e. The predicted octanol–water partition coefficient (Wildman–Crippen LogP) is 4.98. The summed E-state index contributed by atoms with van der Waals surface area (Å²) in [7, 11) is 2.03. The van der Waals surface area contributed by atoms with Gasteiger partial charge in [-0.05, 0) is 42.9 Å². The standard InChI is InChI=1S/C17H16Cl2N2/c1-3-21(2)11-13-8-7-12(9-14(13)10-20)17-15(18)5-4-6-16(17)19/h4-9H,3,11H2,1-2H3. The monoisotopic (exact) mass is 318 g/mol. The molecule has 2 rings (SSSR count). The van der Waals surface area contributed by atoms with Crippen molar-refractivity contribution in [3.8, 4) is 17.2 Å². The average molecular weight is 319 g/mol. The zero-order valence-corrected chi connectivity index (χ0v) is 13.5. The molecule has 0 radical (unpaired) electrons. The summed E-state index contributed by atoms with van der Waals surface area (Å²) >= 11 is 12.5. The Hall–Kier alpha value is -1.53. The molecule has 0 amide bonds. The van der Waals surface area contributed by atoms with Crippen molar-refractivity contribution in [2.45, 2.75) is 13.5 Å². The first-order valence-corrected chi connectivity index (χ1v) is 7.48. The number of nitriles is 1. The van der Waals surface area contributed by atoms with Crippen molar-refractivity contribution < 1.29 is 0 Å². The van der Waals surface area contributed by atoms with E-state index in [4.69, 9.17) is 23.2 Å². The number of benzene rings is 2.